The molecule has 2 amide bonds. The molecule has 3 atom stereocenters. The van der Waals surface area contributed by atoms with Gasteiger partial charge in [0.05, 0.1) is 7.11 Å². The van der Waals surface area contributed by atoms with Crippen LogP contribution in [0.3, 0.4) is 0 Å². The van der Waals surface area contributed by atoms with Crippen molar-refractivity contribution in [1.29, 1.82) is 0 Å². The SMILES string of the molecule is COc1ccc(C(=O)N2[C@@H]3CC[C@H]2CC(NC(=O)c2ccc(F)cc2)C3)c(C)c1. The topological polar surface area (TPSA) is 58.6 Å². The molecule has 2 aliphatic heterocycles. The molecule has 2 aromatic rings. The first-order valence-corrected chi connectivity index (χ1v) is 10.00. The van der Waals surface area contributed by atoms with Crippen LogP contribution in [0.15, 0.2) is 42.5 Å². The summed E-state index contributed by atoms with van der Waals surface area (Å²) in [5, 5.41) is 3.07. The molecule has 2 heterocycles. The molecule has 1 unspecified atom stereocenters. The number of nitrogens with one attached hydrogen (secondary N) is 1. The van der Waals surface area contributed by atoms with Crippen LogP contribution in [-0.2, 0) is 0 Å². The molecule has 2 saturated heterocycles. The molecule has 2 bridgehead atoms. The Labute approximate surface area is 169 Å². The largest absolute Gasteiger partial charge is 0.497 e. The van der Waals surface area contributed by atoms with Crippen molar-refractivity contribution in [1.82, 2.24) is 10.2 Å². The Hall–Kier alpha value is -2.89. The van der Waals surface area contributed by atoms with Crippen LogP contribution < -0.4 is 10.1 Å². The lowest BCUT2D eigenvalue weighted by molar-refractivity contribution is 0.0549. The van der Waals surface area contributed by atoms with Gasteiger partial charge in [-0.2, -0.15) is 0 Å². The van der Waals surface area contributed by atoms with E-state index < -0.39 is 0 Å². The number of carbonyl (C=O) groups excluding carboxylic acids is 2. The number of halogens is 1. The first-order valence-electron chi connectivity index (χ1n) is 10.00. The number of piperidine rings is 1. The molecular formula is C23H25FN2O3. The Balaban J connectivity index is 1.44. The van der Waals surface area contributed by atoms with Crippen molar-refractivity contribution in [3.8, 4) is 5.75 Å². The van der Waals surface area contributed by atoms with Gasteiger partial charge in [0.25, 0.3) is 11.8 Å². The van der Waals surface area contributed by atoms with Crippen molar-refractivity contribution in [2.75, 3.05) is 7.11 Å². The summed E-state index contributed by atoms with van der Waals surface area (Å²) in [7, 11) is 1.61. The van der Waals surface area contributed by atoms with Crippen LogP contribution in [0.2, 0.25) is 0 Å². The van der Waals surface area contributed by atoms with Gasteiger partial charge < -0.3 is 15.0 Å². The van der Waals surface area contributed by atoms with E-state index in [1.54, 1.807) is 7.11 Å². The van der Waals surface area contributed by atoms with Crippen LogP contribution in [0.25, 0.3) is 0 Å². The van der Waals surface area contributed by atoms with E-state index in [2.05, 4.69) is 5.32 Å². The lowest BCUT2D eigenvalue weighted by atomic mass is 9.95. The maximum atomic E-state index is 13.2. The summed E-state index contributed by atoms with van der Waals surface area (Å²) in [4.78, 5) is 27.7. The Morgan fingerprint density at radius 3 is 2.31 bits per heavy atom. The third kappa shape index (κ3) is 3.84. The molecule has 2 aromatic carbocycles. The van der Waals surface area contributed by atoms with Crippen LogP contribution in [0.1, 0.15) is 52.0 Å². The van der Waals surface area contributed by atoms with Gasteiger partial charge in [-0.15, -0.1) is 0 Å². The van der Waals surface area contributed by atoms with Crippen molar-refractivity contribution in [2.24, 2.45) is 0 Å². The number of ether oxygens (including phenoxy) is 1. The Kier molecular flexibility index (Phi) is 5.26. The molecular weight excluding hydrogens is 371 g/mol. The Morgan fingerprint density at radius 2 is 1.72 bits per heavy atom. The highest BCUT2D eigenvalue weighted by atomic mass is 19.1. The van der Waals surface area contributed by atoms with Gasteiger partial charge in [-0.25, -0.2) is 4.39 Å². The van der Waals surface area contributed by atoms with Crippen LogP contribution in [-0.4, -0.2) is 41.9 Å². The van der Waals surface area contributed by atoms with E-state index in [0.29, 0.717) is 11.1 Å². The van der Waals surface area contributed by atoms with E-state index in [9.17, 15) is 14.0 Å². The van der Waals surface area contributed by atoms with Gasteiger partial charge in [-0.1, -0.05) is 0 Å². The molecule has 4 rings (SSSR count). The number of methoxy groups -OCH3 is 1. The molecule has 152 valence electrons. The quantitative estimate of drug-likeness (QED) is 0.857. The zero-order valence-electron chi connectivity index (χ0n) is 16.7. The maximum Gasteiger partial charge on any atom is 0.254 e. The van der Waals surface area contributed by atoms with Crippen LogP contribution in [0.4, 0.5) is 4.39 Å². The summed E-state index contributed by atoms with van der Waals surface area (Å²) in [5.74, 6) is 0.241. The highest BCUT2D eigenvalue weighted by Crippen LogP contribution is 2.37. The molecule has 0 aromatic heterocycles. The second-order valence-electron chi connectivity index (χ2n) is 7.93. The molecule has 0 aliphatic carbocycles. The number of hydrogen-bond donors (Lipinski definition) is 1. The fourth-order valence-corrected chi connectivity index (χ4v) is 4.64. The number of rotatable bonds is 4. The second kappa shape index (κ2) is 7.85. The van der Waals surface area contributed by atoms with Crippen molar-refractivity contribution in [3.63, 3.8) is 0 Å². The summed E-state index contributed by atoms with van der Waals surface area (Å²) in [6, 6.07) is 11.4. The third-order valence-electron chi connectivity index (χ3n) is 6.07. The van der Waals surface area contributed by atoms with Gasteiger partial charge in [0.2, 0.25) is 0 Å². The van der Waals surface area contributed by atoms with Gasteiger partial charge in [-0.3, -0.25) is 9.59 Å². The highest BCUT2D eigenvalue weighted by molar-refractivity contribution is 5.97. The van der Waals surface area contributed by atoms with Gasteiger partial charge in [0.15, 0.2) is 0 Å². The van der Waals surface area contributed by atoms with Gasteiger partial charge in [-0.05, 0) is 80.6 Å². The van der Waals surface area contributed by atoms with Crippen molar-refractivity contribution >= 4 is 11.8 Å². The second-order valence-corrected chi connectivity index (χ2v) is 7.93. The number of benzene rings is 2. The fraction of sp³-hybridized carbons (Fsp3) is 0.391. The summed E-state index contributed by atoms with van der Waals surface area (Å²) >= 11 is 0. The number of carbonyl (C=O) groups is 2. The van der Waals surface area contributed by atoms with Gasteiger partial charge >= 0.3 is 0 Å². The number of hydrogen-bond acceptors (Lipinski definition) is 3. The minimum absolute atomic E-state index is 0.0195. The summed E-state index contributed by atoms with van der Waals surface area (Å²) in [6.07, 6.45) is 3.39. The van der Waals surface area contributed by atoms with E-state index in [1.807, 2.05) is 30.0 Å². The van der Waals surface area contributed by atoms with Crippen LogP contribution in [0, 0.1) is 12.7 Å². The maximum absolute atomic E-state index is 13.2. The van der Waals surface area contributed by atoms with E-state index >= 15 is 0 Å². The average Bonchev–Trinajstić information content (AvgIpc) is 2.98. The zero-order chi connectivity index (χ0) is 20.5. The van der Waals surface area contributed by atoms with E-state index in [1.165, 1.54) is 24.3 Å². The zero-order valence-corrected chi connectivity index (χ0v) is 16.7. The lowest BCUT2D eigenvalue weighted by Gasteiger charge is -2.39. The molecule has 6 heteroatoms. The summed E-state index contributed by atoms with van der Waals surface area (Å²) in [6.45, 7) is 1.92. The predicted octanol–water partition coefficient (Wildman–Crippen LogP) is 3.71. The van der Waals surface area contributed by atoms with Crippen molar-refractivity contribution in [3.05, 3.63) is 65.0 Å². The monoisotopic (exact) mass is 396 g/mol. The molecule has 0 saturated carbocycles. The summed E-state index contributed by atoms with van der Waals surface area (Å²) < 4.78 is 18.3. The third-order valence-corrected chi connectivity index (χ3v) is 6.07. The smallest absolute Gasteiger partial charge is 0.254 e. The minimum atomic E-state index is -0.361. The molecule has 2 aliphatic rings. The molecule has 5 nitrogen and oxygen atoms in total. The summed E-state index contributed by atoms with van der Waals surface area (Å²) in [5.41, 5.74) is 2.06. The molecule has 0 spiro atoms. The molecule has 1 N–H and O–H groups in total. The van der Waals surface area contributed by atoms with E-state index in [4.69, 9.17) is 4.74 Å². The first-order chi connectivity index (χ1) is 14.0. The Bertz CT molecular complexity index is 914. The minimum Gasteiger partial charge on any atom is -0.497 e. The van der Waals surface area contributed by atoms with Gasteiger partial charge in [0, 0.05) is 29.3 Å². The van der Waals surface area contributed by atoms with E-state index in [-0.39, 0.29) is 35.8 Å². The average molecular weight is 396 g/mol. The van der Waals surface area contributed by atoms with Crippen LogP contribution >= 0.6 is 0 Å². The Morgan fingerprint density at radius 1 is 1.07 bits per heavy atom. The number of amides is 2. The van der Waals surface area contributed by atoms with E-state index in [0.717, 1.165) is 37.0 Å². The number of nitrogens with zero attached hydrogens (tertiary/aromatic N) is 1. The van der Waals surface area contributed by atoms with Gasteiger partial charge in [0.1, 0.15) is 11.6 Å². The van der Waals surface area contributed by atoms with Crippen LogP contribution in [0.5, 0.6) is 5.75 Å². The standard InChI is InChI=1S/C23H25FN2O3/c1-14-11-20(29-2)9-10-21(14)23(28)26-18-7-8-19(26)13-17(12-18)25-22(27)15-3-5-16(24)6-4-15/h3-6,9-11,17-19H,7-8,12-13H2,1-2H3,(H,25,27)/t17?,18-,19+. The molecule has 29 heavy (non-hydrogen) atoms. The first kappa shape index (κ1) is 19.4. The number of fused-ring (bicyclic) bond motifs is 2. The molecule has 0 radical (unpaired) electrons. The normalized spacial score (nSPS) is 23.0. The van der Waals surface area contributed by atoms with Crippen molar-refractivity contribution in [2.45, 2.75) is 50.7 Å². The highest BCUT2D eigenvalue weighted by Gasteiger charge is 2.44. The van der Waals surface area contributed by atoms with Crippen molar-refractivity contribution < 1.29 is 18.7 Å². The predicted molar refractivity (Wildman–Crippen MR) is 108 cm³/mol. The molecule has 2 fully saturated rings. The lowest BCUT2D eigenvalue weighted by Crippen LogP contribution is -2.52. The fourth-order valence-electron chi connectivity index (χ4n) is 4.64. The number of aryl methyl sites for hydroxylation is 1.